The van der Waals surface area contributed by atoms with Crippen LogP contribution in [0.3, 0.4) is 0 Å². The number of rotatable bonds is 3. The summed E-state index contributed by atoms with van der Waals surface area (Å²) in [6.07, 6.45) is 1.48. The fourth-order valence-electron chi connectivity index (χ4n) is 1.53. The lowest BCUT2D eigenvalue weighted by Crippen LogP contribution is -2.12. The molecule has 1 heterocycles. The second kappa shape index (κ2) is 5.75. The minimum Gasteiger partial charge on any atom is -0.322 e. The Morgan fingerprint density at radius 3 is 2.58 bits per heavy atom. The summed E-state index contributed by atoms with van der Waals surface area (Å²) < 4.78 is 0.669. The molecule has 0 radical (unpaired) electrons. The lowest BCUT2D eigenvalue weighted by Gasteiger charge is -2.06. The second-order valence-electron chi connectivity index (χ2n) is 3.96. The normalized spacial score (nSPS) is 10.0. The molecular formula is C14H11BrN2O2. The topological polar surface area (TPSA) is 59.1 Å². The fraction of sp³-hybridized carbons (Fsp3) is 0.0714. The lowest BCUT2D eigenvalue weighted by molar-refractivity contribution is 0.101. The first-order valence-corrected chi connectivity index (χ1v) is 6.39. The number of halogens is 1. The molecule has 0 fully saturated rings. The molecule has 1 aromatic heterocycles. The molecule has 0 bridgehead atoms. The summed E-state index contributed by atoms with van der Waals surface area (Å²) in [5.74, 6) is -0.304. The van der Waals surface area contributed by atoms with Crippen LogP contribution >= 0.6 is 15.9 Å². The first-order chi connectivity index (χ1) is 9.06. The van der Waals surface area contributed by atoms with E-state index in [2.05, 4.69) is 26.2 Å². The lowest BCUT2D eigenvalue weighted by atomic mass is 10.1. The Hall–Kier alpha value is -2.01. The van der Waals surface area contributed by atoms with Crippen LogP contribution in [0.25, 0.3) is 0 Å². The van der Waals surface area contributed by atoms with Gasteiger partial charge in [0.25, 0.3) is 5.91 Å². The van der Waals surface area contributed by atoms with E-state index >= 15 is 0 Å². The smallest absolute Gasteiger partial charge is 0.257 e. The maximum absolute atomic E-state index is 12.0. The van der Waals surface area contributed by atoms with Crippen molar-refractivity contribution >= 4 is 33.3 Å². The zero-order chi connectivity index (χ0) is 13.8. The van der Waals surface area contributed by atoms with Crippen molar-refractivity contribution in [3.05, 3.63) is 58.3 Å². The Bertz CT molecular complexity index is 624. The van der Waals surface area contributed by atoms with Crippen LogP contribution in [0, 0.1) is 0 Å². The number of carbonyl (C=O) groups excluding carboxylic acids is 2. The molecule has 0 aliphatic heterocycles. The second-order valence-corrected chi connectivity index (χ2v) is 4.77. The van der Waals surface area contributed by atoms with Gasteiger partial charge in [-0.15, -0.1) is 0 Å². The van der Waals surface area contributed by atoms with Crippen molar-refractivity contribution in [2.75, 3.05) is 5.32 Å². The third-order valence-electron chi connectivity index (χ3n) is 2.52. The zero-order valence-corrected chi connectivity index (χ0v) is 11.8. The highest BCUT2D eigenvalue weighted by molar-refractivity contribution is 9.10. The van der Waals surface area contributed by atoms with E-state index < -0.39 is 0 Å². The van der Waals surface area contributed by atoms with E-state index in [4.69, 9.17) is 0 Å². The van der Waals surface area contributed by atoms with E-state index in [1.807, 2.05) is 0 Å². The van der Waals surface area contributed by atoms with Crippen LogP contribution in [0.4, 0.5) is 5.69 Å². The molecule has 4 nitrogen and oxygen atoms in total. The van der Waals surface area contributed by atoms with E-state index in [0.717, 1.165) is 0 Å². The van der Waals surface area contributed by atoms with Gasteiger partial charge in [0.15, 0.2) is 5.78 Å². The Morgan fingerprint density at radius 1 is 1.16 bits per heavy atom. The molecule has 19 heavy (non-hydrogen) atoms. The SMILES string of the molecule is CC(=O)c1cccc(NC(=O)c2ccc(Br)nc2)c1. The minimum atomic E-state index is -0.263. The molecule has 0 aliphatic rings. The van der Waals surface area contributed by atoms with Crippen molar-refractivity contribution in [2.45, 2.75) is 6.92 Å². The van der Waals surface area contributed by atoms with Gasteiger partial charge < -0.3 is 5.32 Å². The Labute approximate surface area is 119 Å². The Balaban J connectivity index is 2.17. The first-order valence-electron chi connectivity index (χ1n) is 5.60. The van der Waals surface area contributed by atoms with Crippen molar-refractivity contribution in [3.63, 3.8) is 0 Å². The summed E-state index contributed by atoms with van der Waals surface area (Å²) >= 11 is 3.21. The van der Waals surface area contributed by atoms with Crippen molar-refractivity contribution in [3.8, 4) is 0 Å². The summed E-state index contributed by atoms with van der Waals surface area (Å²) in [5, 5.41) is 2.73. The van der Waals surface area contributed by atoms with Gasteiger partial charge in [0.05, 0.1) is 5.56 Å². The summed E-state index contributed by atoms with van der Waals surface area (Å²) in [6.45, 7) is 1.49. The van der Waals surface area contributed by atoms with Crippen LogP contribution in [-0.4, -0.2) is 16.7 Å². The molecule has 0 unspecified atom stereocenters. The number of aromatic nitrogens is 1. The van der Waals surface area contributed by atoms with E-state index in [1.54, 1.807) is 36.4 Å². The summed E-state index contributed by atoms with van der Waals surface area (Å²) in [6, 6.07) is 10.2. The predicted octanol–water partition coefficient (Wildman–Crippen LogP) is 3.30. The van der Waals surface area contributed by atoms with Crippen LogP contribution in [0.2, 0.25) is 0 Å². The number of hydrogen-bond donors (Lipinski definition) is 1. The molecule has 1 amide bonds. The van der Waals surface area contributed by atoms with Gasteiger partial charge in [-0.25, -0.2) is 4.98 Å². The first kappa shape index (κ1) is 13.4. The summed E-state index contributed by atoms with van der Waals surface area (Å²) in [4.78, 5) is 27.2. The predicted molar refractivity (Wildman–Crippen MR) is 76.3 cm³/mol. The average molecular weight is 319 g/mol. The number of carbonyl (C=O) groups is 2. The van der Waals surface area contributed by atoms with E-state index in [-0.39, 0.29) is 11.7 Å². The van der Waals surface area contributed by atoms with Gasteiger partial charge in [-0.1, -0.05) is 12.1 Å². The van der Waals surface area contributed by atoms with Crippen LogP contribution in [0.5, 0.6) is 0 Å². The number of Topliss-reactive ketones (excluding diaryl/α,β-unsaturated/α-hetero) is 1. The number of benzene rings is 1. The van der Waals surface area contributed by atoms with Gasteiger partial charge in [-0.2, -0.15) is 0 Å². The van der Waals surface area contributed by atoms with Gasteiger partial charge in [0, 0.05) is 17.4 Å². The summed E-state index contributed by atoms with van der Waals surface area (Å²) in [5.41, 5.74) is 1.60. The third kappa shape index (κ3) is 3.48. The van der Waals surface area contributed by atoms with Gasteiger partial charge in [0.1, 0.15) is 4.60 Å². The molecule has 0 spiro atoms. The maximum atomic E-state index is 12.0. The molecular weight excluding hydrogens is 308 g/mol. The molecule has 96 valence electrons. The Morgan fingerprint density at radius 2 is 1.95 bits per heavy atom. The van der Waals surface area contributed by atoms with Crippen molar-refractivity contribution in [2.24, 2.45) is 0 Å². The van der Waals surface area contributed by atoms with Crippen LogP contribution in [-0.2, 0) is 0 Å². The van der Waals surface area contributed by atoms with Gasteiger partial charge in [-0.05, 0) is 47.1 Å². The maximum Gasteiger partial charge on any atom is 0.257 e. The highest BCUT2D eigenvalue weighted by Crippen LogP contribution is 2.13. The van der Waals surface area contributed by atoms with Crippen molar-refractivity contribution < 1.29 is 9.59 Å². The number of anilines is 1. The molecule has 0 aliphatic carbocycles. The fourth-order valence-corrected chi connectivity index (χ4v) is 1.76. The molecule has 2 aromatic rings. The number of nitrogens with zero attached hydrogens (tertiary/aromatic N) is 1. The number of ketones is 1. The van der Waals surface area contributed by atoms with Crippen LogP contribution in [0.1, 0.15) is 27.6 Å². The van der Waals surface area contributed by atoms with E-state index in [9.17, 15) is 9.59 Å². The molecule has 1 aromatic carbocycles. The molecule has 0 saturated carbocycles. The van der Waals surface area contributed by atoms with Crippen molar-refractivity contribution in [1.29, 1.82) is 0 Å². The number of nitrogens with one attached hydrogen (secondary N) is 1. The van der Waals surface area contributed by atoms with Crippen LogP contribution in [0.15, 0.2) is 47.2 Å². The van der Waals surface area contributed by atoms with E-state index in [0.29, 0.717) is 21.4 Å². The number of pyridine rings is 1. The molecule has 2 rings (SSSR count). The molecule has 1 N–H and O–H groups in total. The number of hydrogen-bond acceptors (Lipinski definition) is 3. The van der Waals surface area contributed by atoms with Crippen LogP contribution < -0.4 is 5.32 Å². The quantitative estimate of drug-likeness (QED) is 0.697. The van der Waals surface area contributed by atoms with Gasteiger partial charge in [-0.3, -0.25) is 9.59 Å². The minimum absolute atomic E-state index is 0.0404. The highest BCUT2D eigenvalue weighted by atomic mass is 79.9. The molecule has 0 atom stereocenters. The molecule has 5 heteroatoms. The monoisotopic (exact) mass is 318 g/mol. The largest absolute Gasteiger partial charge is 0.322 e. The standard InChI is InChI=1S/C14H11BrN2O2/c1-9(18)10-3-2-4-12(7-10)17-14(19)11-5-6-13(15)16-8-11/h2-8H,1H3,(H,17,19). The molecule has 0 saturated heterocycles. The van der Waals surface area contributed by atoms with E-state index in [1.165, 1.54) is 13.1 Å². The third-order valence-corrected chi connectivity index (χ3v) is 2.99. The average Bonchev–Trinajstić information content (AvgIpc) is 2.39. The van der Waals surface area contributed by atoms with Gasteiger partial charge >= 0.3 is 0 Å². The number of amides is 1. The summed E-state index contributed by atoms with van der Waals surface area (Å²) in [7, 11) is 0. The van der Waals surface area contributed by atoms with Crippen molar-refractivity contribution in [1.82, 2.24) is 4.98 Å². The zero-order valence-electron chi connectivity index (χ0n) is 10.2. The Kier molecular flexibility index (Phi) is 4.06. The van der Waals surface area contributed by atoms with Gasteiger partial charge in [0.2, 0.25) is 0 Å². The highest BCUT2D eigenvalue weighted by Gasteiger charge is 2.07.